The van der Waals surface area contributed by atoms with E-state index in [1.807, 2.05) is 13.0 Å². The first-order valence-electron chi connectivity index (χ1n) is 5.59. The molecule has 0 aliphatic rings. The highest BCUT2D eigenvalue weighted by Gasteiger charge is 2.08. The Morgan fingerprint density at radius 2 is 2.31 bits per heavy atom. The molecule has 0 spiro atoms. The van der Waals surface area contributed by atoms with Crippen LogP contribution < -0.4 is 11.1 Å². The van der Waals surface area contributed by atoms with Crippen molar-refractivity contribution < 1.29 is 4.79 Å². The van der Waals surface area contributed by atoms with E-state index in [0.717, 1.165) is 24.1 Å². The number of nitrogens with two attached hydrogens (primary N) is 1. The maximum atomic E-state index is 11.6. The molecule has 0 saturated heterocycles. The molecular formula is C12H19N3O. The van der Waals surface area contributed by atoms with Crippen molar-refractivity contribution in [2.45, 2.75) is 39.2 Å². The van der Waals surface area contributed by atoms with Gasteiger partial charge in [-0.1, -0.05) is 13.3 Å². The molecule has 1 aromatic heterocycles. The van der Waals surface area contributed by atoms with Crippen LogP contribution >= 0.6 is 0 Å². The average molecular weight is 221 g/mol. The molecule has 4 nitrogen and oxygen atoms in total. The lowest BCUT2D eigenvalue weighted by atomic mass is 10.1. The number of carbonyl (C=O) groups excluding carboxylic acids is 1. The largest absolute Gasteiger partial charge is 0.327 e. The molecule has 0 saturated carbocycles. The molecule has 1 amide bonds. The Morgan fingerprint density at radius 1 is 1.56 bits per heavy atom. The van der Waals surface area contributed by atoms with E-state index in [1.54, 1.807) is 12.4 Å². The van der Waals surface area contributed by atoms with E-state index in [1.165, 1.54) is 0 Å². The summed E-state index contributed by atoms with van der Waals surface area (Å²) in [5.74, 6) is -0.0478. The van der Waals surface area contributed by atoms with E-state index >= 15 is 0 Å². The first kappa shape index (κ1) is 12.6. The van der Waals surface area contributed by atoms with E-state index in [2.05, 4.69) is 17.2 Å². The number of nitrogens with zero attached hydrogens (tertiary/aromatic N) is 1. The molecular weight excluding hydrogens is 202 g/mol. The van der Waals surface area contributed by atoms with Crippen LogP contribution in [-0.2, 0) is 4.79 Å². The van der Waals surface area contributed by atoms with E-state index in [0.29, 0.717) is 6.42 Å². The zero-order valence-corrected chi connectivity index (χ0v) is 9.86. The van der Waals surface area contributed by atoms with Gasteiger partial charge < -0.3 is 11.1 Å². The lowest BCUT2D eigenvalue weighted by molar-refractivity contribution is -0.116. The summed E-state index contributed by atoms with van der Waals surface area (Å²) in [7, 11) is 0. The Labute approximate surface area is 96.3 Å². The third-order valence-electron chi connectivity index (χ3n) is 2.27. The van der Waals surface area contributed by atoms with Crippen molar-refractivity contribution in [3.8, 4) is 0 Å². The molecule has 1 aromatic rings. The van der Waals surface area contributed by atoms with Crippen molar-refractivity contribution in [3.05, 3.63) is 24.0 Å². The number of hydrogen-bond donors (Lipinski definition) is 2. The second-order valence-corrected chi connectivity index (χ2v) is 4.05. The number of pyridine rings is 1. The molecule has 0 aromatic carbocycles. The highest BCUT2D eigenvalue weighted by atomic mass is 16.1. The number of rotatable bonds is 5. The summed E-state index contributed by atoms with van der Waals surface area (Å²) in [5.41, 5.74) is 7.55. The van der Waals surface area contributed by atoms with Crippen LogP contribution in [0.15, 0.2) is 18.5 Å². The summed E-state index contributed by atoms with van der Waals surface area (Å²) in [5, 5.41) is 2.79. The molecule has 0 aliphatic carbocycles. The van der Waals surface area contributed by atoms with Crippen LogP contribution in [0.3, 0.4) is 0 Å². The Hall–Kier alpha value is -1.42. The van der Waals surface area contributed by atoms with E-state index < -0.39 is 0 Å². The van der Waals surface area contributed by atoms with Gasteiger partial charge in [0.25, 0.3) is 0 Å². The fourth-order valence-electron chi connectivity index (χ4n) is 1.55. The predicted octanol–water partition coefficient (Wildman–Crippen LogP) is 1.85. The number of anilines is 1. The summed E-state index contributed by atoms with van der Waals surface area (Å²) in [6.45, 7) is 3.99. The van der Waals surface area contributed by atoms with Gasteiger partial charge in [0, 0.05) is 18.7 Å². The molecule has 1 heterocycles. The summed E-state index contributed by atoms with van der Waals surface area (Å²) < 4.78 is 0. The second-order valence-electron chi connectivity index (χ2n) is 4.05. The quantitative estimate of drug-likeness (QED) is 0.797. The summed E-state index contributed by atoms with van der Waals surface area (Å²) in [6.07, 6.45) is 5.62. The molecule has 16 heavy (non-hydrogen) atoms. The predicted molar refractivity (Wildman–Crippen MR) is 65.1 cm³/mol. The third kappa shape index (κ3) is 4.40. The topological polar surface area (TPSA) is 68.0 Å². The zero-order chi connectivity index (χ0) is 12.0. The number of aromatic nitrogens is 1. The van der Waals surface area contributed by atoms with Crippen LogP contribution in [0.2, 0.25) is 0 Å². The van der Waals surface area contributed by atoms with Gasteiger partial charge in [-0.25, -0.2) is 0 Å². The number of amides is 1. The number of hydrogen-bond acceptors (Lipinski definition) is 3. The minimum Gasteiger partial charge on any atom is -0.327 e. The van der Waals surface area contributed by atoms with Gasteiger partial charge in [-0.15, -0.1) is 0 Å². The highest BCUT2D eigenvalue weighted by Crippen LogP contribution is 2.08. The molecule has 88 valence electrons. The Kier molecular flexibility index (Phi) is 4.92. The van der Waals surface area contributed by atoms with Gasteiger partial charge in [0.15, 0.2) is 0 Å². The molecule has 4 heteroatoms. The molecule has 0 radical (unpaired) electrons. The van der Waals surface area contributed by atoms with Gasteiger partial charge in [-0.3, -0.25) is 9.78 Å². The first-order chi connectivity index (χ1) is 7.61. The van der Waals surface area contributed by atoms with Crippen LogP contribution in [0, 0.1) is 6.92 Å². The maximum absolute atomic E-state index is 11.6. The van der Waals surface area contributed by atoms with Gasteiger partial charge in [-0.05, 0) is 25.0 Å². The lowest BCUT2D eigenvalue weighted by Crippen LogP contribution is -2.26. The fraction of sp³-hybridized carbons (Fsp3) is 0.500. The molecule has 3 N–H and O–H groups in total. The summed E-state index contributed by atoms with van der Waals surface area (Å²) >= 11 is 0. The minimum atomic E-state index is -0.0530. The van der Waals surface area contributed by atoms with E-state index in [4.69, 9.17) is 5.73 Å². The van der Waals surface area contributed by atoms with Crippen molar-refractivity contribution in [2.75, 3.05) is 5.32 Å². The first-order valence-corrected chi connectivity index (χ1v) is 5.59. The lowest BCUT2D eigenvalue weighted by Gasteiger charge is -2.10. The van der Waals surface area contributed by atoms with Crippen LogP contribution in [0.4, 0.5) is 5.69 Å². The van der Waals surface area contributed by atoms with Gasteiger partial charge in [-0.2, -0.15) is 0 Å². The molecule has 1 rings (SSSR count). The van der Waals surface area contributed by atoms with Crippen LogP contribution in [0.1, 0.15) is 31.7 Å². The molecule has 1 atom stereocenters. The van der Waals surface area contributed by atoms with Gasteiger partial charge in [0.2, 0.25) is 5.91 Å². The van der Waals surface area contributed by atoms with Crippen molar-refractivity contribution >= 4 is 11.6 Å². The van der Waals surface area contributed by atoms with E-state index in [9.17, 15) is 4.79 Å². The molecule has 1 unspecified atom stereocenters. The number of carbonyl (C=O) groups is 1. The summed E-state index contributed by atoms with van der Waals surface area (Å²) in [4.78, 5) is 15.6. The Morgan fingerprint density at radius 3 is 2.94 bits per heavy atom. The SMILES string of the molecule is CCCC(N)CC(=O)Nc1cncc(C)c1. The van der Waals surface area contributed by atoms with Crippen LogP contribution in [0.5, 0.6) is 0 Å². The van der Waals surface area contributed by atoms with Crippen molar-refractivity contribution in [2.24, 2.45) is 5.73 Å². The van der Waals surface area contributed by atoms with Crippen LogP contribution in [0.25, 0.3) is 0 Å². The monoisotopic (exact) mass is 221 g/mol. The van der Waals surface area contributed by atoms with Crippen molar-refractivity contribution in [1.82, 2.24) is 4.98 Å². The van der Waals surface area contributed by atoms with Crippen molar-refractivity contribution in [3.63, 3.8) is 0 Å². The zero-order valence-electron chi connectivity index (χ0n) is 9.86. The summed E-state index contributed by atoms with van der Waals surface area (Å²) in [6, 6.07) is 1.83. The van der Waals surface area contributed by atoms with Crippen LogP contribution in [-0.4, -0.2) is 16.9 Å². The smallest absolute Gasteiger partial charge is 0.225 e. The molecule has 0 aliphatic heterocycles. The van der Waals surface area contributed by atoms with Crippen molar-refractivity contribution in [1.29, 1.82) is 0 Å². The third-order valence-corrected chi connectivity index (χ3v) is 2.27. The molecule has 0 bridgehead atoms. The van der Waals surface area contributed by atoms with Gasteiger partial charge in [0.1, 0.15) is 0 Å². The van der Waals surface area contributed by atoms with E-state index in [-0.39, 0.29) is 11.9 Å². The Bertz CT molecular complexity index is 352. The minimum absolute atomic E-state index is 0.0478. The normalized spacial score (nSPS) is 12.2. The second kappa shape index (κ2) is 6.23. The maximum Gasteiger partial charge on any atom is 0.225 e. The van der Waals surface area contributed by atoms with Gasteiger partial charge in [0.05, 0.1) is 11.9 Å². The Balaban J connectivity index is 2.45. The number of nitrogens with one attached hydrogen (secondary N) is 1. The van der Waals surface area contributed by atoms with Gasteiger partial charge >= 0.3 is 0 Å². The molecule has 0 fully saturated rings. The standard InChI is InChI=1S/C12H19N3O/c1-3-4-10(13)6-12(16)15-11-5-9(2)7-14-8-11/h5,7-8,10H,3-4,6,13H2,1-2H3,(H,15,16). The average Bonchev–Trinajstić information content (AvgIpc) is 2.17. The fourth-order valence-corrected chi connectivity index (χ4v) is 1.55. The highest BCUT2D eigenvalue weighted by molar-refractivity contribution is 5.90. The number of aryl methyl sites for hydroxylation is 1.